The van der Waals surface area contributed by atoms with Crippen molar-refractivity contribution in [3.63, 3.8) is 0 Å². The molecule has 7 heteroatoms. The highest BCUT2D eigenvalue weighted by Gasteiger charge is 2.10. The maximum Gasteiger partial charge on any atom is 0.234 e. The lowest BCUT2D eigenvalue weighted by Gasteiger charge is -2.11. The number of carbonyl (C=O) groups excluding carboxylic acids is 2. The molecule has 0 fully saturated rings. The summed E-state index contributed by atoms with van der Waals surface area (Å²) in [5, 5.41) is 6.17. The molecule has 0 aliphatic rings. The van der Waals surface area contributed by atoms with Gasteiger partial charge in [-0.05, 0) is 43.7 Å². The Bertz CT molecular complexity index is 783. The molecule has 0 aliphatic carbocycles. The van der Waals surface area contributed by atoms with Crippen LogP contribution >= 0.6 is 23.4 Å². The van der Waals surface area contributed by atoms with Gasteiger partial charge in [0.1, 0.15) is 5.75 Å². The first-order valence-corrected chi connectivity index (χ1v) is 9.68. The van der Waals surface area contributed by atoms with Crippen LogP contribution in [0, 0.1) is 6.92 Å². The van der Waals surface area contributed by atoms with Gasteiger partial charge < -0.3 is 15.4 Å². The normalized spacial score (nSPS) is 10.3. The van der Waals surface area contributed by atoms with E-state index in [0.29, 0.717) is 28.8 Å². The van der Waals surface area contributed by atoms with E-state index >= 15 is 0 Å². The van der Waals surface area contributed by atoms with Gasteiger partial charge in [-0.1, -0.05) is 29.8 Å². The fourth-order valence-corrected chi connectivity index (χ4v) is 2.98. The fourth-order valence-electron chi connectivity index (χ4n) is 2.19. The molecule has 2 N–H and O–H groups in total. The number of para-hydroxylation sites is 2. The molecule has 2 amide bonds. The number of anilines is 2. The summed E-state index contributed by atoms with van der Waals surface area (Å²) in [6.45, 7) is 4.29. The van der Waals surface area contributed by atoms with Gasteiger partial charge in [-0.15, -0.1) is 11.8 Å². The van der Waals surface area contributed by atoms with E-state index in [2.05, 4.69) is 10.6 Å². The highest BCUT2D eigenvalue weighted by Crippen LogP contribution is 2.24. The van der Waals surface area contributed by atoms with Crippen molar-refractivity contribution in [2.45, 2.75) is 13.8 Å². The minimum Gasteiger partial charge on any atom is -0.492 e. The number of hydrogen-bond acceptors (Lipinski definition) is 4. The first kappa shape index (κ1) is 20.1. The lowest BCUT2D eigenvalue weighted by Crippen LogP contribution is -2.19. The van der Waals surface area contributed by atoms with Crippen molar-refractivity contribution in [2.75, 3.05) is 28.7 Å². The Morgan fingerprint density at radius 1 is 1.04 bits per heavy atom. The monoisotopic (exact) mass is 392 g/mol. The minimum atomic E-state index is -0.186. The van der Waals surface area contributed by atoms with Gasteiger partial charge in [0.15, 0.2) is 0 Å². The summed E-state index contributed by atoms with van der Waals surface area (Å²) in [5.74, 6) is 0.605. The van der Waals surface area contributed by atoms with Crippen molar-refractivity contribution < 1.29 is 14.3 Å². The number of ether oxygens (including phenoxy) is 1. The number of carbonyl (C=O) groups is 2. The number of aryl methyl sites for hydroxylation is 1. The molecule has 0 saturated heterocycles. The molecule has 0 bridgehead atoms. The van der Waals surface area contributed by atoms with Gasteiger partial charge in [0.05, 0.1) is 23.8 Å². The number of thioether (sulfide) groups is 1. The van der Waals surface area contributed by atoms with E-state index < -0.39 is 0 Å². The van der Waals surface area contributed by atoms with E-state index in [1.54, 1.807) is 24.3 Å². The Hall–Kier alpha value is -2.18. The van der Waals surface area contributed by atoms with Crippen LogP contribution in [0.15, 0.2) is 42.5 Å². The molecule has 0 saturated carbocycles. The predicted octanol–water partition coefficient (Wildman–Crippen LogP) is 4.36. The molecule has 2 rings (SSSR count). The average molecular weight is 393 g/mol. The van der Waals surface area contributed by atoms with Gasteiger partial charge in [-0.2, -0.15) is 0 Å². The maximum atomic E-state index is 12.1. The largest absolute Gasteiger partial charge is 0.492 e. The molecule has 5 nitrogen and oxygen atoms in total. The van der Waals surface area contributed by atoms with Crippen molar-refractivity contribution in [1.82, 2.24) is 0 Å². The van der Waals surface area contributed by atoms with E-state index in [1.165, 1.54) is 11.8 Å². The second kappa shape index (κ2) is 10.1. The van der Waals surface area contributed by atoms with Crippen LogP contribution in [-0.4, -0.2) is 29.9 Å². The standard InChI is InChI=1S/C19H21ClN2O3S/c1-3-25-17-7-5-4-6-15(17)21-18(23)11-26-12-19(24)22-16-10-14(20)9-8-13(16)2/h4-10H,3,11-12H2,1-2H3,(H,21,23)(H,22,24). The Balaban J connectivity index is 1.79. The first-order valence-electron chi connectivity index (χ1n) is 8.15. The van der Waals surface area contributed by atoms with Crippen LogP contribution in [0.4, 0.5) is 11.4 Å². The lowest BCUT2D eigenvalue weighted by molar-refractivity contribution is -0.114. The number of amides is 2. The average Bonchev–Trinajstić information content (AvgIpc) is 2.60. The van der Waals surface area contributed by atoms with E-state index in [1.807, 2.05) is 32.0 Å². The molecule has 0 spiro atoms. The van der Waals surface area contributed by atoms with Crippen LogP contribution in [0.5, 0.6) is 5.75 Å². The summed E-state index contributed by atoms with van der Waals surface area (Å²) in [6.07, 6.45) is 0. The van der Waals surface area contributed by atoms with E-state index in [9.17, 15) is 9.59 Å². The predicted molar refractivity (Wildman–Crippen MR) is 108 cm³/mol. The Morgan fingerprint density at radius 2 is 1.69 bits per heavy atom. The van der Waals surface area contributed by atoms with Gasteiger partial charge in [-0.3, -0.25) is 9.59 Å². The number of rotatable bonds is 8. The summed E-state index contributed by atoms with van der Waals surface area (Å²) >= 11 is 7.18. The number of nitrogens with one attached hydrogen (secondary N) is 2. The van der Waals surface area contributed by atoms with Crippen molar-refractivity contribution in [3.8, 4) is 5.75 Å². The van der Waals surface area contributed by atoms with Gasteiger partial charge in [0.2, 0.25) is 11.8 Å². The Labute approximate surface area is 162 Å². The smallest absolute Gasteiger partial charge is 0.234 e. The third-order valence-electron chi connectivity index (χ3n) is 3.40. The molecule has 0 aliphatic heterocycles. The summed E-state index contributed by atoms with van der Waals surface area (Å²) in [6, 6.07) is 12.6. The lowest BCUT2D eigenvalue weighted by atomic mass is 10.2. The molecular formula is C19H21ClN2O3S. The fraction of sp³-hybridized carbons (Fsp3) is 0.263. The first-order chi connectivity index (χ1) is 12.5. The van der Waals surface area contributed by atoms with Gasteiger partial charge in [0.25, 0.3) is 0 Å². The van der Waals surface area contributed by atoms with Crippen LogP contribution < -0.4 is 15.4 Å². The Morgan fingerprint density at radius 3 is 2.38 bits per heavy atom. The highest BCUT2D eigenvalue weighted by atomic mass is 35.5. The summed E-state index contributed by atoms with van der Waals surface area (Å²) < 4.78 is 5.47. The van der Waals surface area contributed by atoms with Crippen molar-refractivity contribution in [2.24, 2.45) is 0 Å². The van der Waals surface area contributed by atoms with E-state index in [-0.39, 0.29) is 23.3 Å². The van der Waals surface area contributed by atoms with Gasteiger partial charge in [-0.25, -0.2) is 0 Å². The SMILES string of the molecule is CCOc1ccccc1NC(=O)CSCC(=O)Nc1cc(Cl)ccc1C. The zero-order valence-corrected chi connectivity index (χ0v) is 16.2. The minimum absolute atomic E-state index is 0.169. The molecule has 0 heterocycles. The van der Waals surface area contributed by atoms with Crippen molar-refractivity contribution >= 4 is 46.6 Å². The van der Waals surface area contributed by atoms with E-state index in [4.69, 9.17) is 16.3 Å². The van der Waals surface area contributed by atoms with Crippen molar-refractivity contribution in [1.29, 1.82) is 0 Å². The third kappa shape index (κ3) is 6.28. The molecule has 0 radical (unpaired) electrons. The zero-order chi connectivity index (χ0) is 18.9. The van der Waals surface area contributed by atoms with E-state index in [0.717, 1.165) is 5.56 Å². The number of halogens is 1. The topological polar surface area (TPSA) is 67.4 Å². The second-order valence-corrected chi connectivity index (χ2v) is 6.90. The quantitative estimate of drug-likeness (QED) is 0.700. The molecule has 138 valence electrons. The summed E-state index contributed by atoms with van der Waals surface area (Å²) in [7, 11) is 0. The molecule has 0 aromatic heterocycles. The zero-order valence-electron chi connectivity index (χ0n) is 14.7. The molecular weight excluding hydrogens is 372 g/mol. The second-order valence-electron chi connectivity index (χ2n) is 5.48. The maximum absolute atomic E-state index is 12.1. The Kier molecular flexibility index (Phi) is 7.81. The summed E-state index contributed by atoms with van der Waals surface area (Å²) in [4.78, 5) is 24.1. The van der Waals surface area contributed by atoms with Gasteiger partial charge >= 0.3 is 0 Å². The van der Waals surface area contributed by atoms with Crippen LogP contribution in [0.2, 0.25) is 5.02 Å². The van der Waals surface area contributed by atoms with Crippen LogP contribution in [0.3, 0.4) is 0 Å². The molecule has 26 heavy (non-hydrogen) atoms. The molecule has 0 atom stereocenters. The highest BCUT2D eigenvalue weighted by molar-refractivity contribution is 8.00. The molecule has 2 aromatic carbocycles. The molecule has 0 unspecified atom stereocenters. The summed E-state index contributed by atoms with van der Waals surface area (Å²) in [5.41, 5.74) is 2.23. The van der Waals surface area contributed by atoms with Gasteiger partial charge in [0, 0.05) is 10.7 Å². The third-order valence-corrected chi connectivity index (χ3v) is 4.57. The van der Waals surface area contributed by atoms with Crippen LogP contribution in [0.25, 0.3) is 0 Å². The number of benzene rings is 2. The van der Waals surface area contributed by atoms with Crippen molar-refractivity contribution in [3.05, 3.63) is 53.1 Å². The molecule has 2 aromatic rings. The number of hydrogen-bond donors (Lipinski definition) is 2. The van der Waals surface area contributed by atoms with Crippen LogP contribution in [-0.2, 0) is 9.59 Å². The van der Waals surface area contributed by atoms with Crippen LogP contribution in [0.1, 0.15) is 12.5 Å².